The van der Waals surface area contributed by atoms with Crippen LogP contribution in [0.4, 0.5) is 11.4 Å². The first-order valence-corrected chi connectivity index (χ1v) is 9.86. The van der Waals surface area contributed by atoms with Gasteiger partial charge in [-0.25, -0.2) is 0 Å². The van der Waals surface area contributed by atoms with Crippen LogP contribution >= 0.6 is 0 Å². The van der Waals surface area contributed by atoms with Gasteiger partial charge in [0.1, 0.15) is 5.75 Å². The molecule has 0 saturated carbocycles. The van der Waals surface area contributed by atoms with E-state index in [0.717, 1.165) is 61.3 Å². The van der Waals surface area contributed by atoms with Gasteiger partial charge < -0.3 is 15.0 Å². The predicted molar refractivity (Wildman–Crippen MR) is 112 cm³/mol. The molecule has 1 N–H and O–H groups in total. The van der Waals surface area contributed by atoms with E-state index in [4.69, 9.17) is 4.74 Å². The lowest BCUT2D eigenvalue weighted by Gasteiger charge is -2.25. The molecule has 0 radical (unpaired) electrons. The molecule has 0 aromatic heterocycles. The molecular weight excluding hydrogens is 336 g/mol. The summed E-state index contributed by atoms with van der Waals surface area (Å²) in [6.07, 6.45) is 4.20. The lowest BCUT2D eigenvalue weighted by Crippen LogP contribution is -2.22. The Kier molecular flexibility index (Phi) is 6.04. The van der Waals surface area contributed by atoms with Crippen LogP contribution in [0.3, 0.4) is 0 Å². The van der Waals surface area contributed by atoms with Gasteiger partial charge in [-0.2, -0.15) is 0 Å². The normalized spacial score (nSPS) is 14.9. The highest BCUT2D eigenvalue weighted by Gasteiger charge is 2.17. The fraction of sp³-hybridized carbons (Fsp3) is 0.435. The van der Waals surface area contributed by atoms with E-state index in [1.807, 2.05) is 13.8 Å². The van der Waals surface area contributed by atoms with Gasteiger partial charge in [-0.15, -0.1) is 0 Å². The number of fused-ring (bicyclic) bond motifs is 1. The second kappa shape index (κ2) is 8.47. The number of anilines is 2. The molecule has 1 aliphatic rings. The Hall–Kier alpha value is -2.49. The van der Waals surface area contributed by atoms with Gasteiger partial charge in [-0.1, -0.05) is 13.0 Å². The molecule has 1 unspecified atom stereocenters. The van der Waals surface area contributed by atoms with Gasteiger partial charge >= 0.3 is 0 Å². The van der Waals surface area contributed by atoms with E-state index in [1.165, 1.54) is 16.8 Å². The summed E-state index contributed by atoms with van der Waals surface area (Å²) in [5, 5.41) is 2.82. The molecule has 0 aliphatic carbocycles. The van der Waals surface area contributed by atoms with E-state index in [0.29, 0.717) is 0 Å². The van der Waals surface area contributed by atoms with Crippen LogP contribution in [-0.2, 0) is 17.8 Å². The lowest BCUT2D eigenvalue weighted by atomic mass is 10.0. The van der Waals surface area contributed by atoms with Crippen LogP contribution in [0.15, 0.2) is 30.3 Å². The molecule has 0 bridgehead atoms. The number of carbonyl (C=O) groups excluding carboxylic acids is 1. The summed E-state index contributed by atoms with van der Waals surface area (Å²) in [5.74, 6) is 0.979. The zero-order valence-corrected chi connectivity index (χ0v) is 16.8. The van der Waals surface area contributed by atoms with Crippen LogP contribution in [0.1, 0.15) is 48.9 Å². The molecular formula is C23H30N2O2. The minimum absolute atomic E-state index is 0.245. The van der Waals surface area contributed by atoms with Crippen molar-refractivity contribution >= 4 is 17.8 Å². The fourth-order valence-electron chi connectivity index (χ4n) is 3.75. The minimum atomic E-state index is 0.245. The number of nitrogens with one attached hydrogen (secondary N) is 1. The zero-order valence-electron chi connectivity index (χ0n) is 16.8. The summed E-state index contributed by atoms with van der Waals surface area (Å²) in [4.78, 5) is 13.3. The molecule has 1 heterocycles. The van der Waals surface area contributed by atoms with E-state index >= 15 is 0 Å². The van der Waals surface area contributed by atoms with Crippen molar-refractivity contribution in [3.05, 3.63) is 52.6 Å². The van der Waals surface area contributed by atoms with Crippen molar-refractivity contribution in [2.24, 2.45) is 0 Å². The van der Waals surface area contributed by atoms with E-state index in [2.05, 4.69) is 54.4 Å². The molecule has 1 aliphatic heterocycles. The predicted octanol–water partition coefficient (Wildman–Crippen LogP) is 5.00. The molecule has 1 atom stereocenters. The van der Waals surface area contributed by atoms with Gasteiger partial charge in [0.05, 0.1) is 6.10 Å². The maximum Gasteiger partial charge on any atom is 0.211 e. The second-order valence-corrected chi connectivity index (χ2v) is 7.51. The number of nitrogens with zero attached hydrogens (tertiary/aromatic N) is 1. The quantitative estimate of drug-likeness (QED) is 0.731. The first-order chi connectivity index (χ1) is 13.0. The Labute approximate surface area is 162 Å². The van der Waals surface area contributed by atoms with Crippen LogP contribution in [-0.4, -0.2) is 19.1 Å². The third kappa shape index (κ3) is 4.44. The SMILES string of the molecule is CCC(C)Oc1ccc2c(c1)CCCN(c1cc(C)c(NC=O)c(C)c1)C2. The van der Waals surface area contributed by atoms with Gasteiger partial charge in [-0.05, 0) is 86.6 Å². The van der Waals surface area contributed by atoms with Crippen LogP contribution in [0, 0.1) is 13.8 Å². The van der Waals surface area contributed by atoms with Crippen molar-refractivity contribution in [1.82, 2.24) is 0 Å². The molecule has 27 heavy (non-hydrogen) atoms. The van der Waals surface area contributed by atoms with Crippen LogP contribution in [0.5, 0.6) is 5.75 Å². The van der Waals surface area contributed by atoms with Crippen molar-refractivity contribution < 1.29 is 9.53 Å². The summed E-state index contributed by atoms with van der Waals surface area (Å²) in [6.45, 7) is 10.3. The monoisotopic (exact) mass is 366 g/mol. The van der Waals surface area contributed by atoms with Crippen molar-refractivity contribution in [2.45, 2.75) is 59.6 Å². The number of ether oxygens (including phenoxy) is 1. The standard InChI is InChI=1S/C23H30N2O2/c1-5-18(4)27-22-9-8-20-14-25(10-6-7-19(20)13-22)21-11-16(2)23(24-15-26)17(3)12-21/h8-9,11-13,15,18H,5-7,10,14H2,1-4H3,(H,24,26). The number of aryl methyl sites for hydroxylation is 3. The number of rotatable bonds is 6. The van der Waals surface area contributed by atoms with Gasteiger partial charge in [0.2, 0.25) is 6.41 Å². The molecule has 4 heteroatoms. The summed E-state index contributed by atoms with van der Waals surface area (Å²) < 4.78 is 6.00. The first-order valence-electron chi connectivity index (χ1n) is 9.86. The van der Waals surface area contributed by atoms with Gasteiger partial charge in [0.25, 0.3) is 0 Å². The molecule has 0 saturated heterocycles. The average Bonchev–Trinajstić information content (AvgIpc) is 2.86. The molecule has 3 rings (SSSR count). The second-order valence-electron chi connectivity index (χ2n) is 7.51. The van der Waals surface area contributed by atoms with Gasteiger partial charge in [0.15, 0.2) is 0 Å². The summed E-state index contributed by atoms with van der Waals surface area (Å²) in [7, 11) is 0. The molecule has 144 valence electrons. The molecule has 4 nitrogen and oxygen atoms in total. The Morgan fingerprint density at radius 3 is 2.59 bits per heavy atom. The highest BCUT2D eigenvalue weighted by Crippen LogP contribution is 2.31. The Morgan fingerprint density at radius 2 is 1.93 bits per heavy atom. The number of hydrogen-bond donors (Lipinski definition) is 1. The molecule has 0 fully saturated rings. The third-order valence-corrected chi connectivity index (χ3v) is 5.41. The molecule has 1 amide bonds. The smallest absolute Gasteiger partial charge is 0.211 e. The van der Waals surface area contributed by atoms with E-state index in [1.54, 1.807) is 0 Å². The van der Waals surface area contributed by atoms with Crippen molar-refractivity contribution in [3.63, 3.8) is 0 Å². The lowest BCUT2D eigenvalue weighted by molar-refractivity contribution is -0.105. The Balaban J connectivity index is 1.84. The van der Waals surface area contributed by atoms with Gasteiger partial charge in [0, 0.05) is 24.5 Å². The Bertz CT molecular complexity index is 793. The number of hydrogen-bond acceptors (Lipinski definition) is 3. The van der Waals surface area contributed by atoms with Crippen LogP contribution < -0.4 is 15.0 Å². The summed E-state index contributed by atoms with van der Waals surface area (Å²) in [6, 6.07) is 10.9. The first kappa shape index (κ1) is 19.3. The maximum atomic E-state index is 10.8. The average molecular weight is 367 g/mol. The highest BCUT2D eigenvalue weighted by molar-refractivity contribution is 5.77. The zero-order chi connectivity index (χ0) is 19.4. The third-order valence-electron chi connectivity index (χ3n) is 5.41. The highest BCUT2D eigenvalue weighted by atomic mass is 16.5. The molecule has 0 spiro atoms. The number of amides is 1. The van der Waals surface area contributed by atoms with Gasteiger partial charge in [-0.3, -0.25) is 4.79 Å². The van der Waals surface area contributed by atoms with Crippen LogP contribution in [0.2, 0.25) is 0 Å². The fourth-order valence-corrected chi connectivity index (χ4v) is 3.75. The van der Waals surface area contributed by atoms with E-state index in [-0.39, 0.29) is 6.10 Å². The van der Waals surface area contributed by atoms with Crippen molar-refractivity contribution in [3.8, 4) is 5.75 Å². The van der Waals surface area contributed by atoms with Crippen LogP contribution in [0.25, 0.3) is 0 Å². The van der Waals surface area contributed by atoms with E-state index < -0.39 is 0 Å². The van der Waals surface area contributed by atoms with E-state index in [9.17, 15) is 4.79 Å². The minimum Gasteiger partial charge on any atom is -0.491 e. The summed E-state index contributed by atoms with van der Waals surface area (Å²) >= 11 is 0. The Morgan fingerprint density at radius 1 is 1.19 bits per heavy atom. The number of carbonyl (C=O) groups is 1. The largest absolute Gasteiger partial charge is 0.491 e. The van der Waals surface area contributed by atoms with Crippen molar-refractivity contribution in [2.75, 3.05) is 16.8 Å². The molecule has 2 aromatic carbocycles. The topological polar surface area (TPSA) is 41.6 Å². The maximum absolute atomic E-state index is 10.8. The van der Waals surface area contributed by atoms with Crippen molar-refractivity contribution in [1.29, 1.82) is 0 Å². The number of benzene rings is 2. The summed E-state index contributed by atoms with van der Waals surface area (Å²) in [5.41, 5.74) is 7.09. The molecule has 2 aromatic rings.